The molecule has 2 unspecified atom stereocenters. The number of rotatable bonds is 4. The van der Waals surface area contributed by atoms with Crippen molar-refractivity contribution in [3.63, 3.8) is 0 Å². The molecule has 1 aliphatic rings. The molecule has 1 saturated heterocycles. The van der Waals surface area contributed by atoms with Gasteiger partial charge in [0.05, 0.1) is 16.1 Å². The van der Waals surface area contributed by atoms with Crippen molar-refractivity contribution in [3.8, 4) is 0 Å². The monoisotopic (exact) mass is 336 g/mol. The molecule has 22 heavy (non-hydrogen) atoms. The zero-order valence-electron chi connectivity index (χ0n) is 12.2. The number of aromatic nitrogens is 1. The number of aryl methyl sites for hydroxylation is 1. The van der Waals surface area contributed by atoms with E-state index in [-0.39, 0.29) is 6.04 Å². The third-order valence-corrected chi connectivity index (χ3v) is 5.37. The molecule has 0 spiro atoms. The smallest absolute Gasteiger partial charge is 0.320 e. The number of pyridine rings is 1. The number of halogens is 1. The molecule has 0 aliphatic carbocycles. The van der Waals surface area contributed by atoms with Crippen LogP contribution in [-0.2, 0) is 4.79 Å². The van der Waals surface area contributed by atoms with Gasteiger partial charge in [0.25, 0.3) is 0 Å². The maximum absolute atomic E-state index is 11.6. The predicted octanol–water partition coefficient (Wildman–Crippen LogP) is 3.74. The molecule has 1 aliphatic heterocycles. The summed E-state index contributed by atoms with van der Waals surface area (Å²) in [7, 11) is 0. The zero-order valence-corrected chi connectivity index (χ0v) is 13.8. The summed E-state index contributed by atoms with van der Waals surface area (Å²) in [4.78, 5) is 19.2. The van der Waals surface area contributed by atoms with E-state index in [9.17, 15) is 9.90 Å². The molecule has 4 nitrogen and oxygen atoms in total. The first-order valence-corrected chi connectivity index (χ1v) is 8.42. The van der Waals surface area contributed by atoms with Crippen LogP contribution in [0.3, 0.4) is 0 Å². The largest absolute Gasteiger partial charge is 0.480 e. The summed E-state index contributed by atoms with van der Waals surface area (Å²) in [5, 5.41) is 9.52. The number of carbonyl (C=O) groups is 1. The van der Waals surface area contributed by atoms with Gasteiger partial charge >= 0.3 is 5.97 Å². The Bertz CT molecular complexity index is 688. The third kappa shape index (κ3) is 2.89. The van der Waals surface area contributed by atoms with Crippen molar-refractivity contribution in [1.29, 1.82) is 0 Å². The van der Waals surface area contributed by atoms with Crippen LogP contribution in [0.5, 0.6) is 0 Å². The summed E-state index contributed by atoms with van der Waals surface area (Å²) in [5.74, 6) is -0.765. The molecule has 0 aromatic carbocycles. The second-order valence-electron chi connectivity index (χ2n) is 5.48. The number of carboxylic acid groups (broad SMARTS) is 1. The summed E-state index contributed by atoms with van der Waals surface area (Å²) in [6.45, 7) is 2.77. The first-order valence-electron chi connectivity index (χ1n) is 7.23. The van der Waals surface area contributed by atoms with E-state index in [1.165, 1.54) is 11.3 Å². The minimum atomic E-state index is -0.765. The molecule has 1 fully saturated rings. The lowest BCUT2D eigenvalue weighted by molar-refractivity contribution is -0.142. The fraction of sp³-hybridized carbons (Fsp3) is 0.375. The molecule has 0 saturated carbocycles. The van der Waals surface area contributed by atoms with Crippen molar-refractivity contribution in [2.75, 3.05) is 6.54 Å². The van der Waals surface area contributed by atoms with Gasteiger partial charge in [-0.25, -0.2) is 0 Å². The number of aliphatic carboxylic acids is 1. The highest BCUT2D eigenvalue weighted by atomic mass is 35.5. The molecule has 0 radical (unpaired) electrons. The Balaban J connectivity index is 2.07. The minimum Gasteiger partial charge on any atom is -0.480 e. The van der Waals surface area contributed by atoms with Gasteiger partial charge in [-0.1, -0.05) is 17.7 Å². The number of hydrogen-bond acceptors (Lipinski definition) is 4. The standard InChI is InChI=1S/C16H17ClN2O2S/c1-10-4-2-8-18-14(10)15(12-6-7-13(17)22-12)19-9-3-5-11(19)16(20)21/h2,4,6-8,11,15H,3,5,9H2,1H3,(H,20,21). The first kappa shape index (κ1) is 15.5. The van der Waals surface area contributed by atoms with Crippen LogP contribution in [0.1, 0.15) is 35.0 Å². The molecular weight excluding hydrogens is 320 g/mol. The fourth-order valence-electron chi connectivity index (χ4n) is 3.08. The molecule has 0 amide bonds. The second kappa shape index (κ2) is 6.36. The average molecular weight is 337 g/mol. The van der Waals surface area contributed by atoms with Gasteiger partial charge in [0.15, 0.2) is 0 Å². The van der Waals surface area contributed by atoms with E-state index in [0.717, 1.165) is 29.1 Å². The van der Waals surface area contributed by atoms with E-state index in [2.05, 4.69) is 4.98 Å². The Morgan fingerprint density at radius 1 is 1.50 bits per heavy atom. The van der Waals surface area contributed by atoms with Crippen LogP contribution in [0.25, 0.3) is 0 Å². The van der Waals surface area contributed by atoms with Crippen molar-refractivity contribution in [2.45, 2.75) is 31.8 Å². The van der Waals surface area contributed by atoms with Crippen molar-refractivity contribution < 1.29 is 9.90 Å². The number of thiophene rings is 1. The van der Waals surface area contributed by atoms with Gasteiger partial charge in [0.2, 0.25) is 0 Å². The molecule has 6 heteroatoms. The van der Waals surface area contributed by atoms with Crippen LogP contribution in [0.15, 0.2) is 30.5 Å². The van der Waals surface area contributed by atoms with Crippen LogP contribution >= 0.6 is 22.9 Å². The fourth-order valence-corrected chi connectivity index (χ4v) is 4.26. The van der Waals surface area contributed by atoms with Gasteiger partial charge in [-0.3, -0.25) is 14.7 Å². The van der Waals surface area contributed by atoms with Crippen molar-refractivity contribution >= 4 is 28.9 Å². The molecule has 0 bridgehead atoms. The third-order valence-electron chi connectivity index (χ3n) is 4.08. The number of nitrogens with zero attached hydrogens (tertiary/aromatic N) is 2. The molecule has 116 valence electrons. The number of carboxylic acids is 1. The Morgan fingerprint density at radius 3 is 2.95 bits per heavy atom. The van der Waals surface area contributed by atoms with E-state index < -0.39 is 12.0 Å². The van der Waals surface area contributed by atoms with E-state index in [1.54, 1.807) is 6.20 Å². The lowest BCUT2D eigenvalue weighted by Crippen LogP contribution is -2.39. The molecule has 2 aromatic rings. The normalized spacial score (nSPS) is 20.2. The molecule has 2 atom stereocenters. The Labute approximate surface area is 138 Å². The summed E-state index contributed by atoms with van der Waals surface area (Å²) in [6, 6.07) is 7.13. The zero-order chi connectivity index (χ0) is 15.7. The summed E-state index contributed by atoms with van der Waals surface area (Å²) >= 11 is 7.59. The van der Waals surface area contributed by atoms with Crippen LogP contribution in [0.4, 0.5) is 0 Å². The first-order chi connectivity index (χ1) is 10.6. The van der Waals surface area contributed by atoms with Crippen molar-refractivity contribution in [3.05, 3.63) is 50.9 Å². The maximum Gasteiger partial charge on any atom is 0.320 e. The number of likely N-dealkylation sites (tertiary alicyclic amines) is 1. The molecule has 3 rings (SSSR count). The van der Waals surface area contributed by atoms with Gasteiger partial charge in [-0.2, -0.15) is 0 Å². The van der Waals surface area contributed by atoms with Gasteiger partial charge in [0.1, 0.15) is 6.04 Å². The lowest BCUT2D eigenvalue weighted by Gasteiger charge is -2.30. The Morgan fingerprint density at radius 2 is 2.32 bits per heavy atom. The SMILES string of the molecule is Cc1cccnc1C(c1ccc(Cl)s1)N1CCCC1C(=O)O. The van der Waals surface area contributed by atoms with Crippen LogP contribution in [0, 0.1) is 6.92 Å². The van der Waals surface area contributed by atoms with Crippen LogP contribution in [0.2, 0.25) is 4.34 Å². The van der Waals surface area contributed by atoms with Crippen molar-refractivity contribution in [2.24, 2.45) is 0 Å². The van der Waals surface area contributed by atoms with E-state index in [1.807, 2.05) is 36.1 Å². The van der Waals surface area contributed by atoms with Gasteiger partial charge in [-0.05, 0) is 43.5 Å². The predicted molar refractivity (Wildman–Crippen MR) is 87.5 cm³/mol. The molecule has 2 aromatic heterocycles. The number of hydrogen-bond donors (Lipinski definition) is 1. The molecule has 3 heterocycles. The molecular formula is C16H17ClN2O2S. The second-order valence-corrected chi connectivity index (χ2v) is 7.23. The van der Waals surface area contributed by atoms with Gasteiger partial charge in [-0.15, -0.1) is 11.3 Å². The van der Waals surface area contributed by atoms with Gasteiger partial charge < -0.3 is 5.11 Å². The highest BCUT2D eigenvalue weighted by Crippen LogP contribution is 2.39. The maximum atomic E-state index is 11.6. The topological polar surface area (TPSA) is 53.4 Å². The highest BCUT2D eigenvalue weighted by Gasteiger charge is 2.38. The summed E-state index contributed by atoms with van der Waals surface area (Å²) in [6.07, 6.45) is 3.33. The highest BCUT2D eigenvalue weighted by molar-refractivity contribution is 7.16. The van der Waals surface area contributed by atoms with E-state index in [4.69, 9.17) is 11.6 Å². The molecule has 1 N–H and O–H groups in total. The summed E-state index contributed by atoms with van der Waals surface area (Å²) < 4.78 is 0.708. The van der Waals surface area contributed by atoms with E-state index >= 15 is 0 Å². The Hall–Kier alpha value is -1.43. The van der Waals surface area contributed by atoms with Gasteiger partial charge in [0, 0.05) is 17.6 Å². The Kier molecular flexibility index (Phi) is 4.47. The van der Waals surface area contributed by atoms with Crippen LogP contribution < -0.4 is 0 Å². The lowest BCUT2D eigenvalue weighted by atomic mass is 10.0. The van der Waals surface area contributed by atoms with Crippen LogP contribution in [-0.4, -0.2) is 33.5 Å². The minimum absolute atomic E-state index is 0.151. The summed E-state index contributed by atoms with van der Waals surface area (Å²) in [5.41, 5.74) is 1.97. The average Bonchev–Trinajstić information content (AvgIpc) is 3.11. The van der Waals surface area contributed by atoms with Crippen molar-refractivity contribution in [1.82, 2.24) is 9.88 Å². The van der Waals surface area contributed by atoms with E-state index in [0.29, 0.717) is 10.8 Å². The quantitative estimate of drug-likeness (QED) is 0.924.